The summed E-state index contributed by atoms with van der Waals surface area (Å²) in [5.74, 6) is -0.549. The van der Waals surface area contributed by atoms with Crippen LogP contribution in [-0.2, 0) is 9.59 Å². The van der Waals surface area contributed by atoms with Gasteiger partial charge in [0.2, 0.25) is 11.8 Å². The summed E-state index contributed by atoms with van der Waals surface area (Å²) in [4.78, 5) is 23.2. The summed E-state index contributed by atoms with van der Waals surface area (Å²) >= 11 is 0. The highest BCUT2D eigenvalue weighted by atomic mass is 16.2. The van der Waals surface area contributed by atoms with Crippen LogP contribution in [0.25, 0.3) is 0 Å². The molecule has 1 atom stereocenters. The maximum absolute atomic E-state index is 10.9. The summed E-state index contributed by atoms with van der Waals surface area (Å²) in [7, 11) is 1.58. The predicted octanol–water partition coefficient (Wildman–Crippen LogP) is -0.0254. The Morgan fingerprint density at radius 1 is 1.33 bits per heavy atom. The fourth-order valence-electron chi connectivity index (χ4n) is 1.16. The second-order valence-corrected chi connectivity index (χ2v) is 3.22. The molecule has 2 amide bonds. The van der Waals surface area contributed by atoms with E-state index in [1.165, 1.54) is 11.8 Å². The van der Waals surface area contributed by atoms with E-state index in [0.29, 0.717) is 0 Å². The van der Waals surface area contributed by atoms with Crippen molar-refractivity contribution in [2.75, 3.05) is 7.05 Å². The first-order valence-corrected chi connectivity index (χ1v) is 3.90. The molecule has 0 saturated carbocycles. The summed E-state index contributed by atoms with van der Waals surface area (Å²) in [6.07, 6.45) is 0. The second-order valence-electron chi connectivity index (χ2n) is 3.22. The number of carbonyl (C=O) groups excluding carboxylic acids is 2. The van der Waals surface area contributed by atoms with Gasteiger partial charge in [0.05, 0.1) is 0 Å². The maximum Gasteiger partial charge on any atom is 0.240 e. The quantitative estimate of drug-likeness (QED) is 0.650. The Morgan fingerprint density at radius 3 is 1.83 bits per heavy atom. The van der Waals surface area contributed by atoms with Gasteiger partial charge < -0.3 is 10.6 Å². The van der Waals surface area contributed by atoms with Gasteiger partial charge in [-0.05, 0) is 5.92 Å². The molecule has 0 heterocycles. The van der Waals surface area contributed by atoms with Gasteiger partial charge in [0.25, 0.3) is 0 Å². The lowest BCUT2D eigenvalue weighted by Crippen LogP contribution is -2.47. The van der Waals surface area contributed by atoms with Gasteiger partial charge in [0.15, 0.2) is 0 Å². The van der Waals surface area contributed by atoms with E-state index < -0.39 is 11.9 Å². The van der Waals surface area contributed by atoms with Gasteiger partial charge in [-0.15, -0.1) is 0 Å². The van der Waals surface area contributed by atoms with Crippen LogP contribution in [0.4, 0.5) is 0 Å². The molecule has 0 rings (SSSR count). The lowest BCUT2D eigenvalue weighted by Gasteiger charge is -2.27. The number of nitrogens with two attached hydrogens (primary N) is 1. The zero-order chi connectivity index (χ0) is 9.89. The average molecular weight is 172 g/mol. The van der Waals surface area contributed by atoms with Crippen LogP contribution < -0.4 is 5.73 Å². The number of likely N-dealkylation sites (N-methyl/N-ethyl adjacent to an activating group) is 1. The number of primary amides is 1. The Morgan fingerprint density at radius 2 is 1.75 bits per heavy atom. The molecular weight excluding hydrogens is 156 g/mol. The zero-order valence-corrected chi connectivity index (χ0v) is 8.00. The highest BCUT2D eigenvalue weighted by molar-refractivity contribution is 5.85. The number of nitrogens with zero attached hydrogens (tertiary/aromatic N) is 1. The van der Waals surface area contributed by atoms with Crippen molar-refractivity contribution in [3.8, 4) is 0 Å². The van der Waals surface area contributed by atoms with Gasteiger partial charge in [-0.1, -0.05) is 13.8 Å². The van der Waals surface area contributed by atoms with Crippen molar-refractivity contribution in [2.45, 2.75) is 26.8 Å². The Bertz CT molecular complexity index is 189. The topological polar surface area (TPSA) is 63.4 Å². The summed E-state index contributed by atoms with van der Waals surface area (Å²) in [5, 5.41) is 0. The van der Waals surface area contributed by atoms with E-state index in [1.54, 1.807) is 7.05 Å². The molecule has 0 aromatic heterocycles. The molecule has 0 aliphatic carbocycles. The number of amides is 2. The Labute approximate surface area is 72.7 Å². The van der Waals surface area contributed by atoms with Crippen LogP contribution in [0.3, 0.4) is 0 Å². The summed E-state index contributed by atoms with van der Waals surface area (Å²) in [6.45, 7) is 5.13. The zero-order valence-electron chi connectivity index (χ0n) is 8.00. The molecule has 0 aromatic carbocycles. The number of hydrogen-bond donors (Lipinski definition) is 1. The van der Waals surface area contributed by atoms with Gasteiger partial charge >= 0.3 is 0 Å². The minimum Gasteiger partial charge on any atom is -0.368 e. The fourth-order valence-corrected chi connectivity index (χ4v) is 1.16. The standard InChI is InChI=1S/C8H16N2O2/c1-5(2)7(8(9)12)10(4)6(3)11/h5,7H,1-4H3,(H2,9,12). The second kappa shape index (κ2) is 4.09. The highest BCUT2D eigenvalue weighted by Crippen LogP contribution is 2.08. The van der Waals surface area contributed by atoms with Gasteiger partial charge in [-0.2, -0.15) is 0 Å². The van der Waals surface area contributed by atoms with E-state index in [0.717, 1.165) is 0 Å². The van der Waals surface area contributed by atoms with E-state index in [2.05, 4.69) is 0 Å². The normalized spacial score (nSPS) is 12.8. The molecule has 12 heavy (non-hydrogen) atoms. The van der Waals surface area contributed by atoms with Crippen molar-refractivity contribution in [1.29, 1.82) is 0 Å². The Balaban J connectivity index is 4.51. The first kappa shape index (κ1) is 10.9. The van der Waals surface area contributed by atoms with E-state index in [-0.39, 0.29) is 11.8 Å². The van der Waals surface area contributed by atoms with Gasteiger partial charge in [-0.3, -0.25) is 9.59 Å². The Hall–Kier alpha value is -1.06. The van der Waals surface area contributed by atoms with Crippen molar-refractivity contribution in [2.24, 2.45) is 11.7 Å². The van der Waals surface area contributed by atoms with Crippen LogP contribution in [-0.4, -0.2) is 29.8 Å². The molecule has 2 N–H and O–H groups in total. The SMILES string of the molecule is CC(=O)N(C)C(C(N)=O)C(C)C. The predicted molar refractivity (Wildman–Crippen MR) is 46.3 cm³/mol. The minimum atomic E-state index is -0.498. The third kappa shape index (κ3) is 2.53. The van der Waals surface area contributed by atoms with Crippen LogP contribution in [0.15, 0.2) is 0 Å². The first-order valence-electron chi connectivity index (χ1n) is 3.90. The number of hydrogen-bond acceptors (Lipinski definition) is 2. The Kier molecular flexibility index (Phi) is 3.73. The number of rotatable bonds is 3. The lowest BCUT2D eigenvalue weighted by molar-refractivity contribution is -0.137. The molecule has 0 aromatic rings. The molecule has 4 nitrogen and oxygen atoms in total. The molecule has 0 aliphatic rings. The molecular formula is C8H16N2O2. The molecule has 0 radical (unpaired) electrons. The smallest absolute Gasteiger partial charge is 0.240 e. The molecule has 0 bridgehead atoms. The minimum absolute atomic E-state index is 0.0522. The van der Waals surface area contributed by atoms with Crippen molar-refractivity contribution in [3.63, 3.8) is 0 Å². The van der Waals surface area contributed by atoms with Gasteiger partial charge in [-0.25, -0.2) is 0 Å². The molecule has 0 aliphatic heterocycles. The van der Waals surface area contributed by atoms with Gasteiger partial charge in [0.1, 0.15) is 6.04 Å². The molecule has 0 fully saturated rings. The molecule has 0 saturated heterocycles. The highest BCUT2D eigenvalue weighted by Gasteiger charge is 2.25. The summed E-state index contributed by atoms with van der Waals surface area (Å²) in [6, 6.07) is -0.498. The molecule has 0 spiro atoms. The van der Waals surface area contributed by atoms with E-state index in [9.17, 15) is 9.59 Å². The van der Waals surface area contributed by atoms with E-state index >= 15 is 0 Å². The molecule has 1 unspecified atom stereocenters. The fraction of sp³-hybridized carbons (Fsp3) is 0.750. The van der Waals surface area contributed by atoms with Crippen LogP contribution in [0, 0.1) is 5.92 Å². The largest absolute Gasteiger partial charge is 0.368 e. The maximum atomic E-state index is 10.9. The summed E-state index contributed by atoms with van der Waals surface area (Å²) in [5.41, 5.74) is 5.14. The lowest BCUT2D eigenvalue weighted by atomic mass is 10.0. The van der Waals surface area contributed by atoms with Crippen molar-refractivity contribution in [3.05, 3.63) is 0 Å². The molecule has 4 heteroatoms. The third-order valence-electron chi connectivity index (χ3n) is 1.84. The third-order valence-corrected chi connectivity index (χ3v) is 1.84. The monoisotopic (exact) mass is 172 g/mol. The van der Waals surface area contributed by atoms with Crippen molar-refractivity contribution >= 4 is 11.8 Å². The number of carbonyl (C=O) groups is 2. The van der Waals surface area contributed by atoms with E-state index in [1.807, 2.05) is 13.8 Å². The van der Waals surface area contributed by atoms with Crippen LogP contribution in [0.1, 0.15) is 20.8 Å². The van der Waals surface area contributed by atoms with Crippen LogP contribution in [0.5, 0.6) is 0 Å². The summed E-state index contributed by atoms with van der Waals surface area (Å²) < 4.78 is 0. The van der Waals surface area contributed by atoms with E-state index in [4.69, 9.17) is 5.73 Å². The molecule has 70 valence electrons. The van der Waals surface area contributed by atoms with Crippen LogP contribution >= 0.6 is 0 Å². The average Bonchev–Trinajstić information content (AvgIpc) is 1.85. The van der Waals surface area contributed by atoms with Crippen molar-refractivity contribution < 1.29 is 9.59 Å². The van der Waals surface area contributed by atoms with Gasteiger partial charge in [0, 0.05) is 14.0 Å². The first-order chi connectivity index (χ1) is 5.37. The van der Waals surface area contributed by atoms with Crippen molar-refractivity contribution in [1.82, 2.24) is 4.90 Å². The van der Waals surface area contributed by atoms with Crippen LogP contribution in [0.2, 0.25) is 0 Å².